The van der Waals surface area contributed by atoms with Crippen LogP contribution in [-0.2, 0) is 6.42 Å². The predicted molar refractivity (Wildman–Crippen MR) is 87.4 cm³/mol. The molecule has 1 atom stereocenters. The lowest BCUT2D eigenvalue weighted by Crippen LogP contribution is -2.02. The van der Waals surface area contributed by atoms with Crippen molar-refractivity contribution in [3.05, 3.63) is 62.5 Å². The molecule has 5 heteroatoms. The summed E-state index contributed by atoms with van der Waals surface area (Å²) < 4.78 is 2.00. The summed E-state index contributed by atoms with van der Waals surface area (Å²) in [5.74, 6) is 0. The molecule has 0 amide bonds. The number of fused-ring (bicyclic) bond motifs is 1. The fourth-order valence-electron chi connectivity index (χ4n) is 2.05. The summed E-state index contributed by atoms with van der Waals surface area (Å²) >= 11 is 11.0. The Balaban J connectivity index is 1.88. The molecule has 1 heterocycles. The normalized spacial score (nSPS) is 12.8. The van der Waals surface area contributed by atoms with Gasteiger partial charge in [0.15, 0.2) is 0 Å². The van der Waals surface area contributed by atoms with E-state index in [1.54, 1.807) is 23.5 Å². The highest BCUT2D eigenvalue weighted by Crippen LogP contribution is 2.31. The third kappa shape index (κ3) is 2.88. The SMILES string of the molecule is OC(Cc1nc2ccccc2s1)c1cc(Cl)ccc1Br. The molecule has 3 aromatic rings. The zero-order chi connectivity index (χ0) is 14.1. The van der Waals surface area contributed by atoms with Gasteiger partial charge in [0.2, 0.25) is 0 Å². The molecule has 0 saturated carbocycles. The Bertz CT molecular complexity index is 725. The Labute approximate surface area is 134 Å². The first-order valence-electron chi connectivity index (χ1n) is 6.11. The van der Waals surface area contributed by atoms with E-state index in [-0.39, 0.29) is 0 Å². The lowest BCUT2D eigenvalue weighted by molar-refractivity contribution is 0.177. The number of aliphatic hydroxyl groups excluding tert-OH is 1. The highest BCUT2D eigenvalue weighted by Gasteiger charge is 2.15. The predicted octanol–water partition coefficient (Wildman–Crippen LogP) is 4.99. The van der Waals surface area contributed by atoms with Crippen LogP contribution in [0.4, 0.5) is 0 Å². The number of hydrogen-bond donors (Lipinski definition) is 1. The first-order chi connectivity index (χ1) is 9.63. The van der Waals surface area contributed by atoms with Gasteiger partial charge < -0.3 is 5.11 Å². The molecule has 2 nitrogen and oxygen atoms in total. The number of benzene rings is 2. The Morgan fingerprint density at radius 2 is 2.05 bits per heavy atom. The molecule has 2 aromatic carbocycles. The number of para-hydroxylation sites is 1. The Hall–Kier alpha value is -0.940. The van der Waals surface area contributed by atoms with E-state index in [0.717, 1.165) is 25.3 Å². The van der Waals surface area contributed by atoms with Gasteiger partial charge in [-0.05, 0) is 35.9 Å². The van der Waals surface area contributed by atoms with Gasteiger partial charge in [-0.2, -0.15) is 0 Å². The zero-order valence-corrected chi connectivity index (χ0v) is 13.5. The molecule has 0 aliphatic carbocycles. The van der Waals surface area contributed by atoms with Crippen molar-refractivity contribution in [1.82, 2.24) is 4.98 Å². The monoisotopic (exact) mass is 367 g/mol. The number of thiazole rings is 1. The maximum atomic E-state index is 10.4. The van der Waals surface area contributed by atoms with Crippen LogP contribution in [0.1, 0.15) is 16.7 Å². The topological polar surface area (TPSA) is 33.1 Å². The summed E-state index contributed by atoms with van der Waals surface area (Å²) in [5.41, 5.74) is 1.77. The smallest absolute Gasteiger partial charge is 0.0967 e. The van der Waals surface area contributed by atoms with Crippen LogP contribution >= 0.6 is 38.9 Å². The standard InChI is InChI=1S/C15H11BrClNOS/c16-11-6-5-9(17)7-10(11)13(19)8-15-18-12-3-1-2-4-14(12)20-15/h1-7,13,19H,8H2. The number of aromatic nitrogens is 1. The number of halogens is 2. The van der Waals surface area contributed by atoms with Crippen molar-refractivity contribution in [2.24, 2.45) is 0 Å². The molecule has 3 rings (SSSR count). The summed E-state index contributed by atoms with van der Waals surface area (Å²) in [6.07, 6.45) is -0.137. The van der Waals surface area contributed by atoms with Crippen molar-refractivity contribution in [2.45, 2.75) is 12.5 Å². The molecular formula is C15H11BrClNOS. The van der Waals surface area contributed by atoms with Gasteiger partial charge in [-0.1, -0.05) is 39.7 Å². The first-order valence-corrected chi connectivity index (χ1v) is 8.09. The van der Waals surface area contributed by atoms with Gasteiger partial charge in [0, 0.05) is 15.9 Å². The van der Waals surface area contributed by atoms with Gasteiger partial charge in [0.05, 0.1) is 21.3 Å². The zero-order valence-electron chi connectivity index (χ0n) is 10.4. The van der Waals surface area contributed by atoms with Crippen LogP contribution in [0.3, 0.4) is 0 Å². The van der Waals surface area contributed by atoms with E-state index >= 15 is 0 Å². The molecule has 1 aromatic heterocycles. The van der Waals surface area contributed by atoms with E-state index in [2.05, 4.69) is 20.9 Å². The van der Waals surface area contributed by atoms with E-state index in [1.165, 1.54) is 0 Å². The third-order valence-electron chi connectivity index (χ3n) is 3.02. The maximum Gasteiger partial charge on any atom is 0.0967 e. The fraction of sp³-hybridized carbons (Fsp3) is 0.133. The average Bonchev–Trinajstić information content (AvgIpc) is 2.83. The summed E-state index contributed by atoms with van der Waals surface area (Å²) in [5, 5.41) is 11.9. The molecule has 0 aliphatic rings. The van der Waals surface area contributed by atoms with Crippen LogP contribution in [0.25, 0.3) is 10.2 Å². The molecular weight excluding hydrogens is 358 g/mol. The summed E-state index contributed by atoms with van der Waals surface area (Å²) in [6.45, 7) is 0. The molecule has 0 spiro atoms. The minimum Gasteiger partial charge on any atom is -0.388 e. The summed E-state index contributed by atoms with van der Waals surface area (Å²) in [4.78, 5) is 4.54. The van der Waals surface area contributed by atoms with Crippen molar-refractivity contribution in [1.29, 1.82) is 0 Å². The maximum absolute atomic E-state index is 10.4. The first kappa shape index (κ1) is 14.0. The third-order valence-corrected chi connectivity index (χ3v) is 5.04. The fourth-order valence-corrected chi connectivity index (χ4v) is 3.75. The summed E-state index contributed by atoms with van der Waals surface area (Å²) in [7, 11) is 0. The lowest BCUT2D eigenvalue weighted by Gasteiger charge is -2.11. The van der Waals surface area contributed by atoms with Crippen molar-refractivity contribution < 1.29 is 5.11 Å². The molecule has 102 valence electrons. The van der Waals surface area contributed by atoms with Gasteiger partial charge in [0.25, 0.3) is 0 Å². The second kappa shape index (κ2) is 5.82. The van der Waals surface area contributed by atoms with Crippen molar-refractivity contribution >= 4 is 49.1 Å². The van der Waals surface area contributed by atoms with Crippen molar-refractivity contribution in [2.75, 3.05) is 0 Å². The van der Waals surface area contributed by atoms with E-state index in [4.69, 9.17) is 11.6 Å². The van der Waals surface area contributed by atoms with Gasteiger partial charge in [-0.3, -0.25) is 0 Å². The molecule has 0 aliphatic heterocycles. The molecule has 1 N–H and O–H groups in total. The minimum atomic E-state index is -0.622. The summed E-state index contributed by atoms with van der Waals surface area (Å²) in [6, 6.07) is 13.4. The molecule has 0 radical (unpaired) electrons. The van der Waals surface area contributed by atoms with E-state index in [1.807, 2.05) is 30.3 Å². The van der Waals surface area contributed by atoms with E-state index in [9.17, 15) is 5.11 Å². The van der Waals surface area contributed by atoms with E-state index < -0.39 is 6.10 Å². The second-order valence-corrected chi connectivity index (χ2v) is 6.87. The Morgan fingerprint density at radius 3 is 2.85 bits per heavy atom. The molecule has 20 heavy (non-hydrogen) atoms. The molecule has 0 fully saturated rings. The van der Waals surface area contributed by atoms with Crippen molar-refractivity contribution in [3.8, 4) is 0 Å². The molecule has 0 saturated heterocycles. The van der Waals surface area contributed by atoms with Gasteiger partial charge >= 0.3 is 0 Å². The minimum absolute atomic E-state index is 0.484. The van der Waals surface area contributed by atoms with Gasteiger partial charge in [0.1, 0.15) is 0 Å². The highest BCUT2D eigenvalue weighted by atomic mass is 79.9. The second-order valence-electron chi connectivity index (χ2n) is 4.46. The quantitative estimate of drug-likeness (QED) is 0.706. The van der Waals surface area contributed by atoms with Crippen LogP contribution in [0.5, 0.6) is 0 Å². The molecule has 0 bridgehead atoms. The number of hydrogen-bond acceptors (Lipinski definition) is 3. The number of nitrogens with zero attached hydrogens (tertiary/aromatic N) is 1. The highest BCUT2D eigenvalue weighted by molar-refractivity contribution is 9.10. The van der Waals surface area contributed by atoms with Crippen LogP contribution in [0.15, 0.2) is 46.9 Å². The van der Waals surface area contributed by atoms with Gasteiger partial charge in [-0.25, -0.2) is 4.98 Å². The largest absolute Gasteiger partial charge is 0.388 e. The average molecular weight is 369 g/mol. The van der Waals surface area contributed by atoms with Crippen LogP contribution in [-0.4, -0.2) is 10.1 Å². The number of rotatable bonds is 3. The van der Waals surface area contributed by atoms with Crippen LogP contribution in [0, 0.1) is 0 Å². The number of aliphatic hydroxyl groups is 1. The Kier molecular flexibility index (Phi) is 4.08. The van der Waals surface area contributed by atoms with Gasteiger partial charge in [-0.15, -0.1) is 11.3 Å². The van der Waals surface area contributed by atoms with Crippen LogP contribution < -0.4 is 0 Å². The lowest BCUT2D eigenvalue weighted by atomic mass is 10.1. The molecule has 1 unspecified atom stereocenters. The van der Waals surface area contributed by atoms with E-state index in [0.29, 0.717) is 11.4 Å². The van der Waals surface area contributed by atoms with Crippen molar-refractivity contribution in [3.63, 3.8) is 0 Å². The Morgan fingerprint density at radius 1 is 1.25 bits per heavy atom. The van der Waals surface area contributed by atoms with Crippen LogP contribution in [0.2, 0.25) is 5.02 Å².